The van der Waals surface area contributed by atoms with E-state index in [0.29, 0.717) is 13.2 Å². The molecule has 16 heavy (non-hydrogen) atoms. The third-order valence-electron chi connectivity index (χ3n) is 3.31. The van der Waals surface area contributed by atoms with Crippen LogP contribution in [0.5, 0.6) is 0 Å². The fraction of sp³-hybridized carbons (Fsp3) is 0.909. The number of rotatable bonds is 5. The van der Waals surface area contributed by atoms with Crippen LogP contribution in [0.4, 0.5) is 0 Å². The van der Waals surface area contributed by atoms with E-state index in [9.17, 15) is 4.79 Å². The van der Waals surface area contributed by atoms with Crippen molar-refractivity contribution in [2.45, 2.75) is 26.2 Å². The molecule has 0 radical (unpaired) electrons. The summed E-state index contributed by atoms with van der Waals surface area (Å²) < 4.78 is 4.92. The van der Waals surface area contributed by atoms with E-state index in [1.165, 1.54) is 0 Å². The van der Waals surface area contributed by atoms with Crippen molar-refractivity contribution in [1.29, 1.82) is 0 Å². The Morgan fingerprint density at radius 2 is 2.06 bits per heavy atom. The van der Waals surface area contributed by atoms with Gasteiger partial charge in [0.1, 0.15) is 0 Å². The minimum Gasteiger partial charge on any atom is -0.383 e. The van der Waals surface area contributed by atoms with Gasteiger partial charge in [0.25, 0.3) is 0 Å². The van der Waals surface area contributed by atoms with Crippen LogP contribution in [-0.4, -0.2) is 39.3 Å². The molecule has 1 aliphatic heterocycles. The number of carbonyl (C=O) groups is 1. The molecule has 2 N–H and O–H groups in total. The average Bonchev–Trinajstić information content (AvgIpc) is 2.30. The number of hydrogen-bond acceptors (Lipinski definition) is 3. The van der Waals surface area contributed by atoms with Crippen LogP contribution < -0.4 is 10.6 Å². The number of piperidine rings is 1. The minimum absolute atomic E-state index is 0. The fourth-order valence-electron chi connectivity index (χ4n) is 2.10. The molecule has 0 saturated carbocycles. The molecule has 0 atom stereocenters. The SMILES string of the molecule is CCC1(C(=O)NCCOC)CCNCC1.Cl. The van der Waals surface area contributed by atoms with Gasteiger partial charge in [-0.15, -0.1) is 12.4 Å². The molecule has 0 unspecified atom stereocenters. The molecule has 0 aliphatic carbocycles. The van der Waals surface area contributed by atoms with Crippen LogP contribution in [0.25, 0.3) is 0 Å². The van der Waals surface area contributed by atoms with Gasteiger partial charge in [0, 0.05) is 13.7 Å². The maximum atomic E-state index is 12.0. The fourth-order valence-corrected chi connectivity index (χ4v) is 2.10. The molecule has 96 valence electrons. The summed E-state index contributed by atoms with van der Waals surface area (Å²) in [7, 11) is 1.65. The Kier molecular flexibility index (Phi) is 7.72. The standard InChI is InChI=1S/C11H22N2O2.ClH/c1-3-11(4-6-12-7-5-11)10(14)13-8-9-15-2;/h12H,3-9H2,1-2H3,(H,13,14);1H. The molecule has 0 aromatic heterocycles. The predicted molar refractivity (Wildman–Crippen MR) is 67.0 cm³/mol. The Balaban J connectivity index is 0.00000225. The molecule has 4 nitrogen and oxygen atoms in total. The number of halogens is 1. The van der Waals surface area contributed by atoms with Gasteiger partial charge in [0.05, 0.1) is 12.0 Å². The highest BCUT2D eigenvalue weighted by Gasteiger charge is 2.37. The Morgan fingerprint density at radius 3 is 2.56 bits per heavy atom. The maximum absolute atomic E-state index is 12.0. The summed E-state index contributed by atoms with van der Waals surface area (Å²) >= 11 is 0. The van der Waals surface area contributed by atoms with Crippen LogP contribution in [0.2, 0.25) is 0 Å². The summed E-state index contributed by atoms with van der Waals surface area (Å²) in [5, 5.41) is 6.24. The summed E-state index contributed by atoms with van der Waals surface area (Å²) in [6.07, 6.45) is 2.82. The second-order valence-corrected chi connectivity index (χ2v) is 4.13. The molecule has 1 saturated heterocycles. The zero-order chi connectivity index (χ0) is 11.1. The highest BCUT2D eigenvalue weighted by Crippen LogP contribution is 2.32. The largest absolute Gasteiger partial charge is 0.383 e. The molecule has 1 amide bonds. The Bertz CT molecular complexity index is 206. The van der Waals surface area contributed by atoms with Crippen LogP contribution >= 0.6 is 12.4 Å². The van der Waals surface area contributed by atoms with Gasteiger partial charge < -0.3 is 15.4 Å². The molecule has 0 bridgehead atoms. The third kappa shape index (κ3) is 3.92. The summed E-state index contributed by atoms with van der Waals surface area (Å²) in [4.78, 5) is 12.0. The Hall–Kier alpha value is -0.320. The van der Waals surface area contributed by atoms with Crippen LogP contribution in [0.15, 0.2) is 0 Å². The molecule has 1 rings (SSSR count). The normalized spacial score (nSPS) is 18.6. The van der Waals surface area contributed by atoms with Crippen molar-refractivity contribution in [2.24, 2.45) is 5.41 Å². The second-order valence-electron chi connectivity index (χ2n) is 4.13. The summed E-state index contributed by atoms with van der Waals surface area (Å²) in [6.45, 7) is 5.20. The van der Waals surface area contributed by atoms with Crippen molar-refractivity contribution in [1.82, 2.24) is 10.6 Å². The van der Waals surface area contributed by atoms with E-state index in [2.05, 4.69) is 17.6 Å². The lowest BCUT2D eigenvalue weighted by atomic mass is 9.76. The second kappa shape index (κ2) is 7.87. The first-order chi connectivity index (χ1) is 7.25. The Labute approximate surface area is 104 Å². The van der Waals surface area contributed by atoms with E-state index in [1.54, 1.807) is 7.11 Å². The highest BCUT2D eigenvalue weighted by atomic mass is 35.5. The van der Waals surface area contributed by atoms with Gasteiger partial charge in [0.15, 0.2) is 0 Å². The van der Waals surface area contributed by atoms with Crippen LogP contribution in [0.3, 0.4) is 0 Å². The predicted octanol–water partition coefficient (Wildman–Crippen LogP) is 0.951. The summed E-state index contributed by atoms with van der Waals surface area (Å²) in [5.41, 5.74) is -0.140. The number of nitrogens with one attached hydrogen (secondary N) is 2. The van der Waals surface area contributed by atoms with E-state index >= 15 is 0 Å². The molecular weight excluding hydrogens is 228 g/mol. The number of methoxy groups -OCH3 is 1. The van der Waals surface area contributed by atoms with E-state index < -0.39 is 0 Å². The number of hydrogen-bond donors (Lipinski definition) is 2. The molecule has 0 spiro atoms. The molecule has 1 fully saturated rings. The van der Waals surface area contributed by atoms with Crippen LogP contribution in [-0.2, 0) is 9.53 Å². The van der Waals surface area contributed by atoms with Gasteiger partial charge in [-0.3, -0.25) is 4.79 Å². The maximum Gasteiger partial charge on any atom is 0.226 e. The first-order valence-corrected chi connectivity index (χ1v) is 5.73. The summed E-state index contributed by atoms with van der Waals surface area (Å²) in [5.74, 6) is 0.198. The lowest BCUT2D eigenvalue weighted by Gasteiger charge is -2.35. The molecule has 5 heteroatoms. The van der Waals surface area contributed by atoms with E-state index in [-0.39, 0.29) is 23.7 Å². The zero-order valence-electron chi connectivity index (χ0n) is 10.2. The monoisotopic (exact) mass is 250 g/mol. The van der Waals surface area contributed by atoms with Gasteiger partial charge in [-0.1, -0.05) is 6.92 Å². The first-order valence-electron chi connectivity index (χ1n) is 5.73. The lowest BCUT2D eigenvalue weighted by molar-refractivity contribution is -0.133. The van der Waals surface area contributed by atoms with Gasteiger partial charge in [-0.05, 0) is 32.4 Å². The van der Waals surface area contributed by atoms with Crippen LogP contribution in [0.1, 0.15) is 26.2 Å². The molecule has 0 aromatic rings. The quantitative estimate of drug-likeness (QED) is 0.715. The lowest BCUT2D eigenvalue weighted by Crippen LogP contribution is -2.47. The number of ether oxygens (including phenoxy) is 1. The summed E-state index contributed by atoms with van der Waals surface area (Å²) in [6, 6.07) is 0. The molecule has 1 aliphatic rings. The van der Waals surface area contributed by atoms with Crippen molar-refractivity contribution in [2.75, 3.05) is 33.4 Å². The number of carbonyl (C=O) groups excluding carboxylic acids is 1. The first kappa shape index (κ1) is 15.7. The van der Waals surface area contributed by atoms with Gasteiger partial charge >= 0.3 is 0 Å². The van der Waals surface area contributed by atoms with Crippen LogP contribution in [0, 0.1) is 5.41 Å². The molecular formula is C11H23ClN2O2. The minimum atomic E-state index is -0.140. The average molecular weight is 251 g/mol. The molecule has 0 aromatic carbocycles. The van der Waals surface area contributed by atoms with Crippen molar-refractivity contribution < 1.29 is 9.53 Å². The topological polar surface area (TPSA) is 50.4 Å². The van der Waals surface area contributed by atoms with Gasteiger partial charge in [0.2, 0.25) is 5.91 Å². The van der Waals surface area contributed by atoms with Crippen molar-refractivity contribution in [3.05, 3.63) is 0 Å². The number of amides is 1. The van der Waals surface area contributed by atoms with E-state index in [1.807, 2.05) is 0 Å². The molecule has 1 heterocycles. The van der Waals surface area contributed by atoms with Gasteiger partial charge in [-0.25, -0.2) is 0 Å². The van der Waals surface area contributed by atoms with Crippen molar-refractivity contribution >= 4 is 18.3 Å². The highest BCUT2D eigenvalue weighted by molar-refractivity contribution is 5.85. The zero-order valence-corrected chi connectivity index (χ0v) is 11.0. The van der Waals surface area contributed by atoms with Crippen molar-refractivity contribution in [3.63, 3.8) is 0 Å². The third-order valence-corrected chi connectivity index (χ3v) is 3.31. The smallest absolute Gasteiger partial charge is 0.226 e. The van der Waals surface area contributed by atoms with Crippen molar-refractivity contribution in [3.8, 4) is 0 Å². The van der Waals surface area contributed by atoms with Gasteiger partial charge in [-0.2, -0.15) is 0 Å². The Morgan fingerprint density at radius 1 is 1.44 bits per heavy atom. The van der Waals surface area contributed by atoms with E-state index in [4.69, 9.17) is 4.74 Å². The van der Waals surface area contributed by atoms with E-state index in [0.717, 1.165) is 32.4 Å².